The molecule has 0 saturated heterocycles. The summed E-state index contributed by atoms with van der Waals surface area (Å²) < 4.78 is 10.7. The Balaban J connectivity index is 2.59. The van der Waals surface area contributed by atoms with Crippen LogP contribution in [0.2, 0.25) is 0 Å². The number of carbonyl (C=O) groups is 1. The van der Waals surface area contributed by atoms with Gasteiger partial charge >= 0.3 is 0 Å². The van der Waals surface area contributed by atoms with Gasteiger partial charge in [-0.1, -0.05) is 25.7 Å². The van der Waals surface area contributed by atoms with E-state index < -0.39 is 5.60 Å². The molecule has 1 fully saturated rings. The van der Waals surface area contributed by atoms with E-state index in [2.05, 4.69) is 0 Å². The van der Waals surface area contributed by atoms with E-state index >= 15 is 0 Å². The van der Waals surface area contributed by atoms with Gasteiger partial charge in [0.1, 0.15) is 12.2 Å². The minimum Gasteiger partial charge on any atom is -0.374 e. The fourth-order valence-electron chi connectivity index (χ4n) is 2.22. The van der Waals surface area contributed by atoms with Gasteiger partial charge in [0, 0.05) is 13.7 Å². The summed E-state index contributed by atoms with van der Waals surface area (Å²) in [4.78, 5) is 12.0. The van der Waals surface area contributed by atoms with Crippen molar-refractivity contribution in [2.45, 2.75) is 51.0 Å². The van der Waals surface area contributed by atoms with Gasteiger partial charge in [-0.3, -0.25) is 4.79 Å². The van der Waals surface area contributed by atoms with Gasteiger partial charge in [-0.15, -0.1) is 0 Å². The van der Waals surface area contributed by atoms with E-state index in [0.29, 0.717) is 6.61 Å². The number of Topliss-reactive ketones (excluding diaryl/α,β-unsaturated/α-hetero) is 1. The molecule has 0 aliphatic heterocycles. The van der Waals surface area contributed by atoms with Gasteiger partial charge in [0.15, 0.2) is 5.78 Å². The van der Waals surface area contributed by atoms with E-state index in [9.17, 15) is 4.79 Å². The van der Waals surface area contributed by atoms with Crippen molar-refractivity contribution in [3.8, 4) is 0 Å². The van der Waals surface area contributed by atoms with E-state index in [-0.39, 0.29) is 12.4 Å². The van der Waals surface area contributed by atoms with E-state index in [0.717, 1.165) is 25.7 Å². The first-order valence-electron chi connectivity index (χ1n) is 5.91. The summed E-state index contributed by atoms with van der Waals surface area (Å²) in [7, 11) is 1.65. The molecule has 1 aliphatic carbocycles. The van der Waals surface area contributed by atoms with Crippen molar-refractivity contribution >= 4 is 5.78 Å². The van der Waals surface area contributed by atoms with Gasteiger partial charge in [0.25, 0.3) is 0 Å². The third-order valence-corrected chi connectivity index (χ3v) is 3.25. The zero-order valence-electron chi connectivity index (χ0n) is 9.88. The van der Waals surface area contributed by atoms with Crippen LogP contribution in [0.15, 0.2) is 0 Å². The van der Waals surface area contributed by atoms with Crippen LogP contribution in [0.3, 0.4) is 0 Å². The summed E-state index contributed by atoms with van der Waals surface area (Å²) in [6.45, 7) is 2.69. The van der Waals surface area contributed by atoms with Crippen molar-refractivity contribution in [1.29, 1.82) is 0 Å². The van der Waals surface area contributed by atoms with Gasteiger partial charge < -0.3 is 9.47 Å². The molecular formula is C12H22O3. The molecule has 0 unspecified atom stereocenters. The van der Waals surface area contributed by atoms with E-state index in [1.54, 1.807) is 7.11 Å². The predicted octanol–water partition coefficient (Wildman–Crippen LogP) is 2.33. The second-order valence-electron chi connectivity index (χ2n) is 4.17. The summed E-state index contributed by atoms with van der Waals surface area (Å²) >= 11 is 0. The van der Waals surface area contributed by atoms with E-state index in [1.165, 1.54) is 12.8 Å². The molecule has 3 nitrogen and oxygen atoms in total. The fourth-order valence-corrected chi connectivity index (χ4v) is 2.22. The zero-order chi connectivity index (χ0) is 11.1. The SMILES string of the molecule is CCOCC(=O)C1(OC)CCCCCC1. The first kappa shape index (κ1) is 12.7. The number of carbonyl (C=O) groups excluding carboxylic acids is 1. The van der Waals surface area contributed by atoms with Crippen LogP contribution in [-0.2, 0) is 14.3 Å². The van der Waals surface area contributed by atoms with Crippen LogP contribution in [0.1, 0.15) is 45.4 Å². The Kier molecular flexibility index (Phi) is 5.26. The summed E-state index contributed by atoms with van der Waals surface area (Å²) in [5, 5.41) is 0. The summed E-state index contributed by atoms with van der Waals surface area (Å²) in [6, 6.07) is 0. The zero-order valence-corrected chi connectivity index (χ0v) is 9.88. The molecule has 0 bridgehead atoms. The summed E-state index contributed by atoms with van der Waals surface area (Å²) in [5.74, 6) is 0.119. The number of rotatable bonds is 5. The van der Waals surface area contributed by atoms with Gasteiger partial charge in [0.2, 0.25) is 0 Å². The molecule has 1 rings (SSSR count). The van der Waals surface area contributed by atoms with Crippen LogP contribution in [0, 0.1) is 0 Å². The van der Waals surface area contributed by atoms with Gasteiger partial charge in [-0.2, -0.15) is 0 Å². The van der Waals surface area contributed by atoms with Crippen molar-refractivity contribution < 1.29 is 14.3 Å². The molecular weight excluding hydrogens is 192 g/mol. The smallest absolute Gasteiger partial charge is 0.190 e. The number of ether oxygens (including phenoxy) is 2. The Hall–Kier alpha value is -0.410. The molecule has 1 saturated carbocycles. The standard InChI is InChI=1S/C12H22O3/c1-3-15-10-11(13)12(14-2)8-6-4-5-7-9-12/h3-10H2,1-2H3. The average molecular weight is 214 g/mol. The molecule has 0 aromatic rings. The minimum absolute atomic E-state index is 0.119. The molecule has 0 spiro atoms. The molecule has 0 N–H and O–H groups in total. The van der Waals surface area contributed by atoms with Crippen molar-refractivity contribution in [1.82, 2.24) is 0 Å². The highest BCUT2D eigenvalue weighted by Gasteiger charge is 2.37. The van der Waals surface area contributed by atoms with Crippen LogP contribution in [0.5, 0.6) is 0 Å². The molecule has 0 aromatic heterocycles. The molecule has 0 radical (unpaired) electrons. The van der Waals surface area contributed by atoms with Gasteiger partial charge in [-0.25, -0.2) is 0 Å². The molecule has 3 heteroatoms. The maximum atomic E-state index is 12.0. The van der Waals surface area contributed by atoms with Crippen LogP contribution >= 0.6 is 0 Å². The Morgan fingerprint density at radius 2 is 1.80 bits per heavy atom. The van der Waals surface area contributed by atoms with Crippen LogP contribution in [0.4, 0.5) is 0 Å². The third kappa shape index (κ3) is 3.28. The molecule has 88 valence electrons. The first-order chi connectivity index (χ1) is 7.25. The van der Waals surface area contributed by atoms with E-state index in [1.807, 2.05) is 6.92 Å². The molecule has 0 heterocycles. The second kappa shape index (κ2) is 6.23. The maximum absolute atomic E-state index is 12.0. The quantitative estimate of drug-likeness (QED) is 0.659. The lowest BCUT2D eigenvalue weighted by atomic mass is 9.89. The Morgan fingerprint density at radius 3 is 2.27 bits per heavy atom. The second-order valence-corrected chi connectivity index (χ2v) is 4.17. The van der Waals surface area contributed by atoms with E-state index in [4.69, 9.17) is 9.47 Å². The largest absolute Gasteiger partial charge is 0.374 e. The summed E-state index contributed by atoms with van der Waals surface area (Å²) in [5.41, 5.74) is -0.550. The van der Waals surface area contributed by atoms with Crippen molar-refractivity contribution in [2.24, 2.45) is 0 Å². The van der Waals surface area contributed by atoms with Gasteiger partial charge in [0.05, 0.1) is 0 Å². The monoisotopic (exact) mass is 214 g/mol. The third-order valence-electron chi connectivity index (χ3n) is 3.25. The first-order valence-corrected chi connectivity index (χ1v) is 5.91. The molecule has 15 heavy (non-hydrogen) atoms. The number of hydrogen-bond donors (Lipinski definition) is 0. The lowest BCUT2D eigenvalue weighted by Gasteiger charge is -2.29. The highest BCUT2D eigenvalue weighted by molar-refractivity contribution is 5.88. The van der Waals surface area contributed by atoms with Crippen molar-refractivity contribution in [2.75, 3.05) is 20.3 Å². The molecule has 0 amide bonds. The number of hydrogen-bond acceptors (Lipinski definition) is 3. The number of ketones is 1. The predicted molar refractivity (Wildman–Crippen MR) is 58.9 cm³/mol. The van der Waals surface area contributed by atoms with Crippen LogP contribution in [0.25, 0.3) is 0 Å². The Morgan fingerprint density at radius 1 is 1.20 bits per heavy atom. The number of methoxy groups -OCH3 is 1. The Labute approximate surface area is 92.1 Å². The lowest BCUT2D eigenvalue weighted by molar-refractivity contribution is -0.147. The maximum Gasteiger partial charge on any atom is 0.190 e. The Bertz CT molecular complexity index is 193. The molecule has 0 atom stereocenters. The highest BCUT2D eigenvalue weighted by atomic mass is 16.5. The van der Waals surface area contributed by atoms with Crippen molar-refractivity contribution in [3.05, 3.63) is 0 Å². The fraction of sp³-hybridized carbons (Fsp3) is 0.917. The topological polar surface area (TPSA) is 35.5 Å². The van der Waals surface area contributed by atoms with Crippen molar-refractivity contribution in [3.63, 3.8) is 0 Å². The highest BCUT2D eigenvalue weighted by Crippen LogP contribution is 2.30. The minimum atomic E-state index is -0.550. The normalized spacial score (nSPS) is 20.9. The molecule has 0 aromatic carbocycles. The molecule has 1 aliphatic rings. The van der Waals surface area contributed by atoms with Crippen LogP contribution < -0.4 is 0 Å². The lowest BCUT2D eigenvalue weighted by Crippen LogP contribution is -2.42. The average Bonchev–Trinajstić information content (AvgIpc) is 2.52. The summed E-state index contributed by atoms with van der Waals surface area (Å²) in [6.07, 6.45) is 6.32. The van der Waals surface area contributed by atoms with Crippen LogP contribution in [-0.4, -0.2) is 31.7 Å². The van der Waals surface area contributed by atoms with Gasteiger partial charge in [-0.05, 0) is 19.8 Å².